The SMILES string of the molecule is CC(=O)OCC1=C(C(=O)O)N2C(=O)C(NC(=O)[C@H](NC(=O)Nc3cncn(C)c3=O)c3ccccc3)[C@H]2SC1. The maximum Gasteiger partial charge on any atom is 0.352 e. The third kappa shape index (κ3) is 5.77. The van der Waals surface area contributed by atoms with Gasteiger partial charge >= 0.3 is 18.0 Å². The number of aliphatic carboxylic acids is 1. The van der Waals surface area contributed by atoms with E-state index >= 15 is 0 Å². The van der Waals surface area contributed by atoms with Crippen LogP contribution in [0.3, 0.4) is 0 Å². The molecule has 0 spiro atoms. The third-order valence-electron chi connectivity index (χ3n) is 5.91. The Morgan fingerprint density at radius 3 is 2.59 bits per heavy atom. The van der Waals surface area contributed by atoms with E-state index in [0.717, 1.165) is 4.90 Å². The lowest BCUT2D eigenvalue weighted by molar-refractivity contribution is -0.151. The number of benzene rings is 1. The summed E-state index contributed by atoms with van der Waals surface area (Å²) in [4.78, 5) is 79.2. The van der Waals surface area contributed by atoms with E-state index < -0.39 is 52.8 Å². The highest BCUT2D eigenvalue weighted by molar-refractivity contribution is 8.00. The molecule has 204 valence electrons. The van der Waals surface area contributed by atoms with Gasteiger partial charge in [0.05, 0.1) is 12.5 Å². The Balaban J connectivity index is 1.50. The first kappa shape index (κ1) is 27.4. The zero-order valence-corrected chi connectivity index (χ0v) is 21.6. The molecule has 1 fully saturated rings. The summed E-state index contributed by atoms with van der Waals surface area (Å²) >= 11 is 1.21. The van der Waals surface area contributed by atoms with E-state index in [0.29, 0.717) is 5.56 Å². The number of anilines is 1. The number of hydrogen-bond acceptors (Lipinski definition) is 9. The van der Waals surface area contributed by atoms with Gasteiger partial charge in [-0.15, -0.1) is 11.8 Å². The molecule has 4 amide bonds. The number of esters is 1. The van der Waals surface area contributed by atoms with Gasteiger partial charge in [0.25, 0.3) is 11.5 Å². The second-order valence-electron chi connectivity index (χ2n) is 8.60. The number of urea groups is 1. The van der Waals surface area contributed by atoms with Gasteiger partial charge in [-0.2, -0.15) is 0 Å². The Bertz CT molecular complexity index is 1430. The first-order valence-corrected chi connectivity index (χ1v) is 12.6. The van der Waals surface area contributed by atoms with Gasteiger partial charge in [0, 0.05) is 25.3 Å². The lowest BCUT2D eigenvalue weighted by Gasteiger charge is -2.49. The van der Waals surface area contributed by atoms with Gasteiger partial charge in [-0.1, -0.05) is 30.3 Å². The Hall–Kier alpha value is -4.66. The van der Waals surface area contributed by atoms with Crippen LogP contribution in [0, 0.1) is 0 Å². The van der Waals surface area contributed by atoms with Gasteiger partial charge in [-0.25, -0.2) is 14.6 Å². The van der Waals surface area contributed by atoms with Crippen molar-refractivity contribution in [1.82, 2.24) is 25.1 Å². The van der Waals surface area contributed by atoms with E-state index in [1.54, 1.807) is 30.3 Å². The summed E-state index contributed by atoms with van der Waals surface area (Å²) in [6.45, 7) is 0.917. The molecule has 2 aromatic rings. The molecule has 4 rings (SSSR count). The van der Waals surface area contributed by atoms with Crippen LogP contribution in [0.5, 0.6) is 0 Å². The average molecular weight is 557 g/mol. The lowest BCUT2D eigenvalue weighted by atomic mass is 10.0. The summed E-state index contributed by atoms with van der Waals surface area (Å²) in [6.07, 6.45) is 2.45. The molecule has 2 aliphatic heterocycles. The summed E-state index contributed by atoms with van der Waals surface area (Å²) in [5.41, 5.74) is -0.236. The van der Waals surface area contributed by atoms with Crippen LogP contribution < -0.4 is 21.5 Å². The number of fused-ring (bicyclic) bond motifs is 1. The molecule has 3 atom stereocenters. The number of thioether (sulfide) groups is 1. The highest BCUT2D eigenvalue weighted by atomic mass is 32.2. The van der Waals surface area contributed by atoms with Gasteiger partial charge in [-0.05, 0) is 5.56 Å². The molecular weight excluding hydrogens is 532 g/mol. The van der Waals surface area contributed by atoms with Crippen molar-refractivity contribution in [2.75, 3.05) is 17.7 Å². The molecule has 1 aromatic carbocycles. The monoisotopic (exact) mass is 556 g/mol. The van der Waals surface area contributed by atoms with E-state index in [2.05, 4.69) is 20.9 Å². The first-order chi connectivity index (χ1) is 18.6. The normalized spacial score (nSPS) is 18.8. The maximum atomic E-state index is 13.3. The molecule has 0 radical (unpaired) electrons. The van der Waals surface area contributed by atoms with Crippen molar-refractivity contribution < 1.29 is 33.8 Å². The van der Waals surface area contributed by atoms with Crippen LogP contribution in [0.15, 0.2) is 58.9 Å². The topological polar surface area (TPSA) is 189 Å². The second kappa shape index (κ2) is 11.4. The highest BCUT2D eigenvalue weighted by Crippen LogP contribution is 2.40. The van der Waals surface area contributed by atoms with Crippen LogP contribution >= 0.6 is 11.8 Å². The van der Waals surface area contributed by atoms with Crippen LogP contribution in [0.4, 0.5) is 10.5 Å². The predicted molar refractivity (Wildman–Crippen MR) is 137 cm³/mol. The van der Waals surface area contributed by atoms with Crippen molar-refractivity contribution >= 4 is 47.2 Å². The minimum Gasteiger partial charge on any atom is -0.477 e. The summed E-state index contributed by atoms with van der Waals surface area (Å²) in [7, 11) is 1.46. The molecule has 2 aliphatic rings. The zero-order valence-electron chi connectivity index (χ0n) is 20.7. The smallest absolute Gasteiger partial charge is 0.352 e. The van der Waals surface area contributed by atoms with Crippen LogP contribution in [0.25, 0.3) is 0 Å². The standard InChI is InChI=1S/C24H24N6O8S/c1-12(31)38-9-14-10-39-22-17(21(34)30(22)18(14)23(35)36)27-19(32)16(13-6-4-3-5-7-13)28-24(37)26-15-8-25-11-29(2)20(15)33/h3-8,11,16-17,22H,9-10H2,1-2H3,(H,27,32)(H,35,36)(H2,26,28,37)/t16-,17?,22-/m1/s1. The number of nitrogens with zero attached hydrogens (tertiary/aromatic N) is 3. The van der Waals surface area contributed by atoms with Crippen LogP contribution in [0.1, 0.15) is 18.5 Å². The minimum absolute atomic E-state index is 0.106. The maximum absolute atomic E-state index is 13.3. The fraction of sp³-hybridized carbons (Fsp3) is 0.292. The number of aryl methyl sites for hydroxylation is 1. The molecular formula is C24H24N6O8S. The van der Waals surface area contributed by atoms with E-state index in [1.165, 1.54) is 42.8 Å². The fourth-order valence-electron chi connectivity index (χ4n) is 4.05. The van der Waals surface area contributed by atoms with Gasteiger partial charge in [0.2, 0.25) is 5.91 Å². The minimum atomic E-state index is -1.36. The van der Waals surface area contributed by atoms with Gasteiger partial charge in [0.15, 0.2) is 0 Å². The molecule has 0 saturated carbocycles. The predicted octanol–water partition coefficient (Wildman–Crippen LogP) is -0.0552. The molecule has 0 aliphatic carbocycles. The Morgan fingerprint density at radius 2 is 1.92 bits per heavy atom. The van der Waals surface area contributed by atoms with Gasteiger partial charge < -0.3 is 30.4 Å². The number of rotatable bonds is 8. The second-order valence-corrected chi connectivity index (χ2v) is 9.70. The fourth-order valence-corrected chi connectivity index (χ4v) is 5.37. The molecule has 15 heteroatoms. The first-order valence-electron chi connectivity index (χ1n) is 11.5. The number of β-lactam (4-membered cyclic amide) rings is 1. The van der Waals surface area contributed by atoms with Crippen molar-refractivity contribution in [2.24, 2.45) is 7.05 Å². The number of ether oxygens (including phenoxy) is 1. The van der Waals surface area contributed by atoms with Crippen molar-refractivity contribution in [3.05, 3.63) is 70.0 Å². The number of carbonyl (C=O) groups is 5. The van der Waals surface area contributed by atoms with Crippen LogP contribution in [-0.4, -0.2) is 73.1 Å². The van der Waals surface area contributed by atoms with Crippen molar-refractivity contribution in [2.45, 2.75) is 24.4 Å². The van der Waals surface area contributed by atoms with E-state index in [4.69, 9.17) is 4.74 Å². The third-order valence-corrected chi connectivity index (χ3v) is 7.25. The summed E-state index contributed by atoms with van der Waals surface area (Å²) < 4.78 is 6.09. The van der Waals surface area contributed by atoms with Crippen LogP contribution in [0.2, 0.25) is 0 Å². The van der Waals surface area contributed by atoms with Crippen molar-refractivity contribution in [1.29, 1.82) is 0 Å². The summed E-state index contributed by atoms with van der Waals surface area (Å²) in [5, 5.41) is 16.5. The molecule has 3 heterocycles. The van der Waals surface area contributed by atoms with Crippen LogP contribution in [-0.2, 0) is 31.0 Å². The molecule has 1 aromatic heterocycles. The molecule has 1 unspecified atom stereocenters. The van der Waals surface area contributed by atoms with Gasteiger partial charge in [-0.3, -0.25) is 24.1 Å². The molecule has 14 nitrogen and oxygen atoms in total. The molecule has 4 N–H and O–H groups in total. The zero-order chi connectivity index (χ0) is 28.3. The molecule has 1 saturated heterocycles. The average Bonchev–Trinajstić information content (AvgIpc) is 2.91. The van der Waals surface area contributed by atoms with E-state index in [-0.39, 0.29) is 29.3 Å². The summed E-state index contributed by atoms with van der Waals surface area (Å²) in [5.74, 6) is -3.16. The van der Waals surface area contributed by atoms with Crippen molar-refractivity contribution in [3.63, 3.8) is 0 Å². The summed E-state index contributed by atoms with van der Waals surface area (Å²) in [6, 6.07) is 5.07. The number of carbonyl (C=O) groups excluding carboxylic acids is 4. The number of carboxylic acid groups (broad SMARTS) is 1. The number of nitrogens with one attached hydrogen (secondary N) is 3. The molecule has 0 bridgehead atoms. The Kier molecular flexibility index (Phi) is 7.99. The van der Waals surface area contributed by atoms with Crippen molar-refractivity contribution in [3.8, 4) is 0 Å². The number of amides is 4. The van der Waals surface area contributed by atoms with Gasteiger partial charge in [0.1, 0.15) is 35.4 Å². The van der Waals surface area contributed by atoms with E-state index in [1.807, 2.05) is 0 Å². The lowest BCUT2D eigenvalue weighted by Crippen LogP contribution is -2.71. The Morgan fingerprint density at radius 1 is 1.21 bits per heavy atom. The number of carboxylic acids is 1. The molecule has 39 heavy (non-hydrogen) atoms. The number of hydrogen-bond donors (Lipinski definition) is 4. The quantitative estimate of drug-likeness (QED) is 0.253. The largest absolute Gasteiger partial charge is 0.477 e. The highest BCUT2D eigenvalue weighted by Gasteiger charge is 2.54. The van der Waals surface area contributed by atoms with E-state index in [9.17, 15) is 33.9 Å². The Labute approximate surface area is 225 Å². The number of aromatic nitrogens is 2.